The number of aromatic nitrogens is 2. The summed E-state index contributed by atoms with van der Waals surface area (Å²) >= 11 is 2.79. The third kappa shape index (κ3) is 5.45. The highest BCUT2D eigenvalue weighted by molar-refractivity contribution is 8.00. The lowest BCUT2D eigenvalue weighted by Crippen LogP contribution is -2.25. The van der Waals surface area contributed by atoms with Crippen LogP contribution in [0.25, 0.3) is 5.69 Å². The van der Waals surface area contributed by atoms with E-state index in [1.807, 2.05) is 36.4 Å². The summed E-state index contributed by atoms with van der Waals surface area (Å²) in [6.45, 7) is 2.17. The van der Waals surface area contributed by atoms with Gasteiger partial charge in [0.25, 0.3) is 5.56 Å². The summed E-state index contributed by atoms with van der Waals surface area (Å²) in [5.41, 5.74) is 3.35. The molecule has 1 aliphatic heterocycles. The van der Waals surface area contributed by atoms with Crippen LogP contribution in [0.3, 0.4) is 0 Å². The number of aryl methyl sites for hydroxylation is 2. The summed E-state index contributed by atoms with van der Waals surface area (Å²) in [4.78, 5) is 31.4. The molecule has 1 aliphatic rings. The van der Waals surface area contributed by atoms with Crippen LogP contribution in [0.15, 0.2) is 63.4 Å². The predicted molar refractivity (Wildman–Crippen MR) is 135 cm³/mol. The van der Waals surface area contributed by atoms with Crippen molar-refractivity contribution in [3.63, 3.8) is 0 Å². The summed E-state index contributed by atoms with van der Waals surface area (Å²) in [7, 11) is 1.58. The molecule has 0 bridgehead atoms. The van der Waals surface area contributed by atoms with Gasteiger partial charge in [-0.15, -0.1) is 11.8 Å². The van der Waals surface area contributed by atoms with Gasteiger partial charge in [0.2, 0.25) is 5.91 Å². The third-order valence-corrected chi connectivity index (χ3v) is 7.43. The van der Waals surface area contributed by atoms with Gasteiger partial charge in [-0.05, 0) is 42.7 Å². The standard InChI is InChI=1S/C25H27N3O3S2/c1-3-4-7-17-10-12-18(13-11-17)26-22(29)16-33-25-27-19-14-15-32-23(19)24(30)28(25)20-8-5-6-9-21(20)31-2/h5-6,8-13H,3-4,7,14-16H2,1-2H3,(H,26,29). The van der Waals surface area contributed by atoms with Gasteiger partial charge in [0, 0.05) is 17.9 Å². The monoisotopic (exact) mass is 481 g/mol. The molecule has 0 aliphatic carbocycles. The average Bonchev–Trinajstić information content (AvgIpc) is 3.31. The lowest BCUT2D eigenvalue weighted by Gasteiger charge is -2.16. The number of fused-ring (bicyclic) bond motifs is 1. The number of thioether (sulfide) groups is 2. The van der Waals surface area contributed by atoms with Gasteiger partial charge in [0.05, 0.1) is 29.1 Å². The topological polar surface area (TPSA) is 73.2 Å². The number of amides is 1. The van der Waals surface area contributed by atoms with Crippen molar-refractivity contribution in [2.24, 2.45) is 0 Å². The van der Waals surface area contributed by atoms with E-state index in [1.54, 1.807) is 11.7 Å². The molecular formula is C25H27N3O3S2. The molecule has 3 aromatic rings. The van der Waals surface area contributed by atoms with Crippen molar-refractivity contribution in [3.8, 4) is 11.4 Å². The number of rotatable bonds is 9. The normalized spacial score (nSPS) is 12.4. The fourth-order valence-corrected chi connectivity index (χ4v) is 5.52. The molecule has 8 heteroatoms. The van der Waals surface area contributed by atoms with Crippen molar-refractivity contribution < 1.29 is 9.53 Å². The first-order valence-electron chi connectivity index (χ1n) is 11.0. The van der Waals surface area contributed by atoms with Crippen LogP contribution in [0.4, 0.5) is 5.69 Å². The molecule has 0 saturated heterocycles. The van der Waals surface area contributed by atoms with Gasteiger partial charge >= 0.3 is 0 Å². The molecule has 4 rings (SSSR count). The van der Waals surface area contributed by atoms with E-state index in [0.29, 0.717) is 21.5 Å². The molecule has 1 N–H and O–H groups in total. The fourth-order valence-electron chi connectivity index (χ4n) is 3.68. The zero-order valence-corrected chi connectivity index (χ0v) is 20.4. The van der Waals surface area contributed by atoms with Crippen LogP contribution in [0.2, 0.25) is 0 Å². The quantitative estimate of drug-likeness (QED) is 0.344. The van der Waals surface area contributed by atoms with Crippen molar-refractivity contribution in [2.45, 2.75) is 42.7 Å². The Morgan fingerprint density at radius 3 is 2.76 bits per heavy atom. The van der Waals surface area contributed by atoms with Crippen LogP contribution < -0.4 is 15.6 Å². The number of carbonyl (C=O) groups excluding carboxylic acids is 1. The van der Waals surface area contributed by atoms with E-state index in [0.717, 1.165) is 42.8 Å². The molecule has 0 radical (unpaired) electrons. The first-order chi connectivity index (χ1) is 16.1. The van der Waals surface area contributed by atoms with Gasteiger partial charge in [0.15, 0.2) is 5.16 Å². The van der Waals surface area contributed by atoms with Crippen molar-refractivity contribution in [2.75, 3.05) is 23.9 Å². The second-order valence-electron chi connectivity index (χ2n) is 7.72. The van der Waals surface area contributed by atoms with E-state index in [9.17, 15) is 9.59 Å². The van der Waals surface area contributed by atoms with Crippen LogP contribution in [-0.2, 0) is 17.6 Å². The SMILES string of the molecule is CCCCc1ccc(NC(=O)CSc2nc3c(c(=O)n2-c2ccccc2OC)SCC3)cc1. The van der Waals surface area contributed by atoms with Crippen LogP contribution in [0.1, 0.15) is 31.0 Å². The molecule has 33 heavy (non-hydrogen) atoms. The Morgan fingerprint density at radius 1 is 1.21 bits per heavy atom. The molecule has 1 aromatic heterocycles. The summed E-state index contributed by atoms with van der Waals surface area (Å²) < 4.78 is 7.05. The zero-order valence-electron chi connectivity index (χ0n) is 18.8. The Labute approximate surface area is 202 Å². The van der Waals surface area contributed by atoms with Crippen LogP contribution in [0.5, 0.6) is 5.75 Å². The van der Waals surface area contributed by atoms with E-state index in [2.05, 4.69) is 24.4 Å². The van der Waals surface area contributed by atoms with Crippen molar-refractivity contribution in [1.29, 1.82) is 0 Å². The van der Waals surface area contributed by atoms with Crippen molar-refractivity contribution in [1.82, 2.24) is 9.55 Å². The molecule has 0 saturated carbocycles. The second-order valence-corrected chi connectivity index (χ2v) is 9.77. The molecule has 1 amide bonds. The number of para-hydroxylation sites is 2. The molecule has 2 heterocycles. The number of unbranched alkanes of at least 4 members (excludes halogenated alkanes) is 1. The second kappa shape index (κ2) is 10.9. The largest absolute Gasteiger partial charge is 0.495 e. The summed E-state index contributed by atoms with van der Waals surface area (Å²) in [5.74, 6) is 1.42. The van der Waals surface area contributed by atoms with Gasteiger partial charge in [0.1, 0.15) is 5.75 Å². The molecular weight excluding hydrogens is 454 g/mol. The zero-order chi connectivity index (χ0) is 23.2. The lowest BCUT2D eigenvalue weighted by molar-refractivity contribution is -0.113. The fraction of sp³-hybridized carbons (Fsp3) is 0.320. The first-order valence-corrected chi connectivity index (χ1v) is 13.0. The highest BCUT2D eigenvalue weighted by Gasteiger charge is 2.24. The smallest absolute Gasteiger partial charge is 0.272 e. The number of carbonyl (C=O) groups is 1. The van der Waals surface area contributed by atoms with E-state index in [-0.39, 0.29) is 17.2 Å². The summed E-state index contributed by atoms with van der Waals surface area (Å²) in [5, 5.41) is 3.44. The minimum atomic E-state index is -0.142. The number of hydrogen-bond donors (Lipinski definition) is 1. The Kier molecular flexibility index (Phi) is 7.77. The van der Waals surface area contributed by atoms with Gasteiger partial charge in [-0.2, -0.15) is 0 Å². The maximum absolute atomic E-state index is 13.3. The Balaban J connectivity index is 1.54. The Hall–Kier alpha value is -2.71. The maximum Gasteiger partial charge on any atom is 0.272 e. The number of anilines is 1. The van der Waals surface area contributed by atoms with E-state index >= 15 is 0 Å². The highest BCUT2D eigenvalue weighted by atomic mass is 32.2. The van der Waals surface area contributed by atoms with Crippen LogP contribution in [-0.4, -0.2) is 34.1 Å². The Bertz CT molecular complexity index is 1190. The number of nitrogens with one attached hydrogen (secondary N) is 1. The summed E-state index contributed by atoms with van der Waals surface area (Å²) in [6, 6.07) is 15.3. The van der Waals surface area contributed by atoms with Crippen molar-refractivity contribution in [3.05, 3.63) is 70.1 Å². The van der Waals surface area contributed by atoms with Crippen molar-refractivity contribution >= 4 is 35.1 Å². The molecule has 0 spiro atoms. The molecule has 2 aromatic carbocycles. The number of benzene rings is 2. The van der Waals surface area contributed by atoms with E-state index in [4.69, 9.17) is 9.72 Å². The molecule has 172 valence electrons. The van der Waals surface area contributed by atoms with E-state index < -0.39 is 0 Å². The minimum absolute atomic E-state index is 0.113. The van der Waals surface area contributed by atoms with E-state index in [1.165, 1.54) is 29.1 Å². The number of nitrogens with zero attached hydrogens (tertiary/aromatic N) is 2. The third-order valence-electron chi connectivity index (χ3n) is 5.38. The van der Waals surface area contributed by atoms with Gasteiger partial charge in [-0.25, -0.2) is 4.98 Å². The first kappa shape index (κ1) is 23.4. The predicted octanol–water partition coefficient (Wildman–Crippen LogP) is 4.96. The number of methoxy groups -OCH3 is 1. The number of hydrogen-bond acceptors (Lipinski definition) is 6. The Morgan fingerprint density at radius 2 is 2.00 bits per heavy atom. The maximum atomic E-state index is 13.3. The highest BCUT2D eigenvalue weighted by Crippen LogP contribution is 2.32. The molecule has 0 atom stereocenters. The lowest BCUT2D eigenvalue weighted by atomic mass is 10.1. The number of ether oxygens (including phenoxy) is 1. The average molecular weight is 482 g/mol. The van der Waals surface area contributed by atoms with Gasteiger partial charge in [-0.1, -0.05) is 49.4 Å². The van der Waals surface area contributed by atoms with Gasteiger partial charge < -0.3 is 10.1 Å². The summed E-state index contributed by atoms with van der Waals surface area (Å²) in [6.07, 6.45) is 4.11. The molecule has 0 unspecified atom stereocenters. The minimum Gasteiger partial charge on any atom is -0.495 e. The van der Waals surface area contributed by atoms with Gasteiger partial charge in [-0.3, -0.25) is 14.2 Å². The van der Waals surface area contributed by atoms with Crippen LogP contribution >= 0.6 is 23.5 Å². The molecule has 0 fully saturated rings. The molecule has 6 nitrogen and oxygen atoms in total. The van der Waals surface area contributed by atoms with Crippen LogP contribution in [0, 0.1) is 0 Å².